The zero-order chi connectivity index (χ0) is 21.5. The Morgan fingerprint density at radius 2 is 1.39 bits per heavy atom. The summed E-state index contributed by atoms with van der Waals surface area (Å²) in [6, 6.07) is 27.5. The molecule has 3 aromatic rings. The Kier molecular flexibility index (Phi) is 6.97. The fraction of sp³-hybridized carbons (Fsp3) is 0.269. The molecule has 0 radical (unpaired) electrons. The van der Waals surface area contributed by atoms with E-state index in [1.807, 2.05) is 77.7 Å². The molecule has 0 saturated carbocycles. The molecule has 4 rings (SSSR count). The monoisotopic (exact) mass is 416 g/mol. The van der Waals surface area contributed by atoms with E-state index < -0.39 is 6.04 Å². The molecule has 0 aromatic heterocycles. The third-order valence-electron chi connectivity index (χ3n) is 5.62. The molecule has 5 heteroatoms. The maximum atomic E-state index is 13.6. The van der Waals surface area contributed by atoms with Crippen molar-refractivity contribution in [2.75, 3.05) is 33.4 Å². The first-order valence-corrected chi connectivity index (χ1v) is 10.6. The summed E-state index contributed by atoms with van der Waals surface area (Å²) in [5.41, 5.74) is 3.12. The molecule has 1 fully saturated rings. The number of carbonyl (C=O) groups is 1. The van der Waals surface area contributed by atoms with Gasteiger partial charge in [0.1, 0.15) is 11.8 Å². The first-order valence-electron chi connectivity index (χ1n) is 10.6. The summed E-state index contributed by atoms with van der Waals surface area (Å²) in [5.74, 6) is 0.878. The van der Waals surface area contributed by atoms with E-state index in [0.717, 1.165) is 22.4 Å². The number of hydrogen-bond acceptors (Lipinski definition) is 4. The number of hydrogen-bond donors (Lipinski definition) is 1. The summed E-state index contributed by atoms with van der Waals surface area (Å²) >= 11 is 0. The lowest BCUT2D eigenvalue weighted by Gasteiger charge is -2.33. The van der Waals surface area contributed by atoms with E-state index in [4.69, 9.17) is 9.47 Å². The van der Waals surface area contributed by atoms with E-state index in [-0.39, 0.29) is 11.9 Å². The molecule has 0 spiro atoms. The Bertz CT molecular complexity index is 955. The van der Waals surface area contributed by atoms with Crippen molar-refractivity contribution in [1.29, 1.82) is 0 Å². The van der Waals surface area contributed by atoms with Crippen LogP contribution in [0.1, 0.15) is 28.8 Å². The summed E-state index contributed by atoms with van der Waals surface area (Å²) in [6.45, 7) is 2.38. The standard InChI is InChI=1S/C26H28N2O3/c1-30-23-14-12-22(13-15-23)24(20-8-4-2-5-9-20)27-25(21-10-6-3-7-11-21)26(29)28-16-18-31-19-17-28/h2-15,24-25,27H,16-19H2,1H3/t24-,25+/m1/s1. The molecule has 0 aliphatic carbocycles. The van der Waals surface area contributed by atoms with Gasteiger partial charge in [0.05, 0.1) is 26.4 Å². The van der Waals surface area contributed by atoms with Gasteiger partial charge in [0, 0.05) is 13.1 Å². The molecule has 31 heavy (non-hydrogen) atoms. The van der Waals surface area contributed by atoms with Crippen LogP contribution in [-0.4, -0.2) is 44.2 Å². The van der Waals surface area contributed by atoms with Gasteiger partial charge in [0.25, 0.3) is 0 Å². The van der Waals surface area contributed by atoms with Gasteiger partial charge in [0.15, 0.2) is 0 Å². The van der Waals surface area contributed by atoms with Crippen molar-refractivity contribution in [1.82, 2.24) is 10.2 Å². The van der Waals surface area contributed by atoms with E-state index in [0.29, 0.717) is 26.3 Å². The molecule has 1 amide bonds. The Labute approximate surface area is 183 Å². The van der Waals surface area contributed by atoms with Crippen LogP contribution in [0.3, 0.4) is 0 Å². The number of carbonyl (C=O) groups excluding carboxylic acids is 1. The highest BCUT2D eigenvalue weighted by molar-refractivity contribution is 5.83. The first kappa shape index (κ1) is 21.1. The molecule has 1 heterocycles. The van der Waals surface area contributed by atoms with Crippen molar-refractivity contribution in [3.05, 3.63) is 102 Å². The highest BCUT2D eigenvalue weighted by Gasteiger charge is 2.30. The highest BCUT2D eigenvalue weighted by atomic mass is 16.5. The van der Waals surface area contributed by atoms with Crippen LogP contribution in [0.5, 0.6) is 5.75 Å². The number of morpholine rings is 1. The summed E-state index contributed by atoms with van der Waals surface area (Å²) in [7, 11) is 1.66. The van der Waals surface area contributed by atoms with Crippen molar-refractivity contribution in [3.8, 4) is 5.75 Å². The minimum atomic E-state index is -0.466. The van der Waals surface area contributed by atoms with E-state index in [1.165, 1.54) is 0 Å². The van der Waals surface area contributed by atoms with Crippen molar-refractivity contribution in [2.45, 2.75) is 12.1 Å². The fourth-order valence-corrected chi connectivity index (χ4v) is 3.92. The zero-order valence-corrected chi connectivity index (χ0v) is 17.7. The second-order valence-corrected chi connectivity index (χ2v) is 7.56. The topological polar surface area (TPSA) is 50.8 Å². The van der Waals surface area contributed by atoms with E-state index in [1.54, 1.807) is 7.11 Å². The van der Waals surface area contributed by atoms with Crippen LogP contribution in [-0.2, 0) is 9.53 Å². The molecular formula is C26H28N2O3. The van der Waals surface area contributed by atoms with Crippen LogP contribution in [0.4, 0.5) is 0 Å². The molecule has 1 aliphatic rings. The summed E-state index contributed by atoms with van der Waals surface area (Å²) in [5, 5.41) is 3.66. The Morgan fingerprint density at radius 3 is 1.97 bits per heavy atom. The zero-order valence-electron chi connectivity index (χ0n) is 17.7. The van der Waals surface area contributed by atoms with E-state index in [2.05, 4.69) is 17.4 Å². The van der Waals surface area contributed by atoms with Crippen molar-refractivity contribution >= 4 is 5.91 Å². The number of nitrogens with one attached hydrogen (secondary N) is 1. The summed E-state index contributed by atoms with van der Waals surface area (Å²) in [4.78, 5) is 15.5. The van der Waals surface area contributed by atoms with E-state index in [9.17, 15) is 4.79 Å². The molecule has 0 unspecified atom stereocenters. The van der Waals surface area contributed by atoms with Gasteiger partial charge in [-0.2, -0.15) is 0 Å². The first-order chi connectivity index (χ1) is 15.3. The van der Waals surface area contributed by atoms with Gasteiger partial charge in [0.2, 0.25) is 5.91 Å². The predicted octanol–water partition coefficient (Wildman–Crippen LogP) is 3.97. The average molecular weight is 417 g/mol. The minimum absolute atomic E-state index is 0.0731. The smallest absolute Gasteiger partial charge is 0.244 e. The van der Waals surface area contributed by atoms with Gasteiger partial charge in [-0.25, -0.2) is 0 Å². The van der Waals surface area contributed by atoms with Crippen LogP contribution in [0.15, 0.2) is 84.9 Å². The largest absolute Gasteiger partial charge is 0.497 e. The lowest BCUT2D eigenvalue weighted by Crippen LogP contribution is -2.47. The highest BCUT2D eigenvalue weighted by Crippen LogP contribution is 2.28. The lowest BCUT2D eigenvalue weighted by atomic mass is 9.95. The predicted molar refractivity (Wildman–Crippen MR) is 121 cm³/mol. The maximum Gasteiger partial charge on any atom is 0.244 e. The summed E-state index contributed by atoms with van der Waals surface area (Å²) < 4.78 is 10.8. The van der Waals surface area contributed by atoms with Crippen molar-refractivity contribution in [2.24, 2.45) is 0 Å². The van der Waals surface area contributed by atoms with Gasteiger partial charge in [-0.15, -0.1) is 0 Å². The number of rotatable bonds is 7. The van der Waals surface area contributed by atoms with Gasteiger partial charge >= 0.3 is 0 Å². The van der Waals surface area contributed by atoms with Crippen molar-refractivity contribution in [3.63, 3.8) is 0 Å². The molecule has 160 valence electrons. The quantitative estimate of drug-likeness (QED) is 0.633. The third kappa shape index (κ3) is 5.13. The number of amides is 1. The molecule has 1 saturated heterocycles. The average Bonchev–Trinajstić information content (AvgIpc) is 2.86. The molecule has 1 N–H and O–H groups in total. The van der Waals surface area contributed by atoms with Gasteiger partial charge < -0.3 is 14.4 Å². The Hall–Kier alpha value is -3.15. The molecule has 5 nitrogen and oxygen atoms in total. The van der Waals surface area contributed by atoms with Crippen molar-refractivity contribution < 1.29 is 14.3 Å². The summed E-state index contributed by atoms with van der Waals surface area (Å²) in [6.07, 6.45) is 0. The van der Waals surface area contributed by atoms with Gasteiger partial charge in [-0.1, -0.05) is 72.8 Å². The van der Waals surface area contributed by atoms with Crippen LogP contribution >= 0.6 is 0 Å². The molecule has 0 bridgehead atoms. The van der Waals surface area contributed by atoms with Gasteiger partial charge in [-0.05, 0) is 28.8 Å². The normalized spacial score (nSPS) is 15.8. The van der Waals surface area contributed by atoms with Crippen LogP contribution in [0.25, 0.3) is 0 Å². The molecular weight excluding hydrogens is 388 g/mol. The maximum absolute atomic E-state index is 13.6. The van der Waals surface area contributed by atoms with E-state index >= 15 is 0 Å². The minimum Gasteiger partial charge on any atom is -0.497 e. The number of methoxy groups -OCH3 is 1. The second-order valence-electron chi connectivity index (χ2n) is 7.56. The van der Waals surface area contributed by atoms with Gasteiger partial charge in [-0.3, -0.25) is 10.1 Å². The fourth-order valence-electron chi connectivity index (χ4n) is 3.92. The number of ether oxygens (including phenoxy) is 2. The lowest BCUT2D eigenvalue weighted by molar-refractivity contribution is -0.137. The SMILES string of the molecule is COc1ccc([C@H](N[C@H](C(=O)N2CCOCC2)c2ccccc2)c2ccccc2)cc1. The number of benzene rings is 3. The Morgan fingerprint density at radius 1 is 0.839 bits per heavy atom. The van der Waals surface area contributed by atoms with Crippen LogP contribution in [0.2, 0.25) is 0 Å². The third-order valence-corrected chi connectivity index (χ3v) is 5.62. The second kappa shape index (κ2) is 10.2. The van der Waals surface area contributed by atoms with Crippen LogP contribution in [0, 0.1) is 0 Å². The molecule has 1 aliphatic heterocycles. The number of nitrogens with zero attached hydrogens (tertiary/aromatic N) is 1. The molecule has 2 atom stereocenters. The Balaban J connectivity index is 1.70. The molecule has 3 aromatic carbocycles. The van der Waals surface area contributed by atoms with Crippen LogP contribution < -0.4 is 10.1 Å².